The maximum absolute atomic E-state index is 12.0. The lowest BCUT2D eigenvalue weighted by Crippen LogP contribution is -2.15. The second-order valence-corrected chi connectivity index (χ2v) is 6.27. The lowest BCUT2D eigenvalue weighted by molar-refractivity contribution is 0.102. The van der Waals surface area contributed by atoms with Crippen LogP contribution in [0.5, 0.6) is 0 Å². The summed E-state index contributed by atoms with van der Waals surface area (Å²) in [6.07, 6.45) is 1.50. The van der Waals surface area contributed by atoms with E-state index in [1.54, 1.807) is 12.1 Å². The van der Waals surface area contributed by atoms with Crippen molar-refractivity contribution in [1.29, 1.82) is 0 Å². The molecule has 3 N–H and O–H groups in total. The Balaban J connectivity index is 2.19. The SMILES string of the molecule is NS(=O)(=O)c1ccc(NC(=O)c2ncccc2Br)cc1. The largest absolute Gasteiger partial charge is 0.321 e. The van der Waals surface area contributed by atoms with Crippen molar-refractivity contribution in [3.63, 3.8) is 0 Å². The molecule has 1 heterocycles. The number of nitrogens with zero attached hydrogens (tertiary/aromatic N) is 1. The Hall–Kier alpha value is -1.77. The summed E-state index contributed by atoms with van der Waals surface area (Å²) in [5.74, 6) is -0.402. The van der Waals surface area contributed by atoms with E-state index in [1.807, 2.05) is 0 Å². The Bertz CT molecular complexity index is 745. The highest BCUT2D eigenvalue weighted by Gasteiger charge is 2.12. The molecule has 0 saturated carbocycles. The lowest BCUT2D eigenvalue weighted by Gasteiger charge is -2.06. The van der Waals surface area contributed by atoms with Crippen molar-refractivity contribution >= 4 is 37.5 Å². The van der Waals surface area contributed by atoms with Crippen molar-refractivity contribution in [3.8, 4) is 0 Å². The van der Waals surface area contributed by atoms with Crippen LogP contribution in [0.15, 0.2) is 52.0 Å². The number of benzene rings is 1. The first-order chi connectivity index (χ1) is 9.38. The zero-order valence-electron chi connectivity index (χ0n) is 10.1. The minimum Gasteiger partial charge on any atom is -0.321 e. The van der Waals surface area contributed by atoms with E-state index in [1.165, 1.54) is 30.5 Å². The van der Waals surface area contributed by atoms with Gasteiger partial charge in [-0.25, -0.2) is 18.5 Å². The van der Waals surface area contributed by atoms with Crippen molar-refractivity contribution in [3.05, 3.63) is 52.8 Å². The summed E-state index contributed by atoms with van der Waals surface area (Å²) in [6.45, 7) is 0. The van der Waals surface area contributed by atoms with Gasteiger partial charge in [-0.3, -0.25) is 4.79 Å². The molecule has 0 fully saturated rings. The average Bonchev–Trinajstić information content (AvgIpc) is 2.38. The van der Waals surface area contributed by atoms with Crippen LogP contribution in [0.1, 0.15) is 10.5 Å². The number of halogens is 1. The summed E-state index contributed by atoms with van der Waals surface area (Å²) in [5.41, 5.74) is 0.683. The minimum absolute atomic E-state index is 0.0190. The molecular weight excluding hydrogens is 346 g/mol. The molecule has 0 radical (unpaired) electrons. The van der Waals surface area contributed by atoms with Gasteiger partial charge in [0, 0.05) is 16.4 Å². The fourth-order valence-electron chi connectivity index (χ4n) is 1.47. The second-order valence-electron chi connectivity index (χ2n) is 3.86. The fourth-order valence-corrected chi connectivity index (χ4v) is 2.42. The van der Waals surface area contributed by atoms with Gasteiger partial charge in [0.15, 0.2) is 0 Å². The van der Waals surface area contributed by atoms with E-state index in [-0.39, 0.29) is 10.6 Å². The van der Waals surface area contributed by atoms with Crippen LogP contribution in [0.25, 0.3) is 0 Å². The minimum atomic E-state index is -3.74. The smallest absolute Gasteiger partial charge is 0.275 e. The first kappa shape index (κ1) is 14.6. The van der Waals surface area contributed by atoms with Gasteiger partial charge in [-0.1, -0.05) is 0 Å². The summed E-state index contributed by atoms with van der Waals surface area (Å²) in [4.78, 5) is 15.9. The van der Waals surface area contributed by atoms with E-state index in [0.717, 1.165) is 0 Å². The molecule has 1 aromatic heterocycles. The summed E-state index contributed by atoms with van der Waals surface area (Å²) in [6, 6.07) is 8.94. The van der Waals surface area contributed by atoms with Gasteiger partial charge in [-0.15, -0.1) is 0 Å². The Kier molecular flexibility index (Phi) is 4.17. The highest BCUT2D eigenvalue weighted by atomic mass is 79.9. The zero-order valence-corrected chi connectivity index (χ0v) is 12.5. The summed E-state index contributed by atoms with van der Waals surface area (Å²) in [5, 5.41) is 7.60. The van der Waals surface area contributed by atoms with Crippen molar-refractivity contribution in [1.82, 2.24) is 4.98 Å². The van der Waals surface area contributed by atoms with Gasteiger partial charge in [-0.05, 0) is 52.3 Å². The quantitative estimate of drug-likeness (QED) is 0.875. The number of amides is 1. The van der Waals surface area contributed by atoms with E-state index < -0.39 is 15.9 Å². The molecule has 104 valence electrons. The maximum atomic E-state index is 12.0. The molecule has 2 rings (SSSR count). The van der Waals surface area contributed by atoms with Gasteiger partial charge in [0.05, 0.1) is 4.90 Å². The highest BCUT2D eigenvalue weighted by molar-refractivity contribution is 9.10. The predicted molar refractivity (Wildman–Crippen MR) is 77.7 cm³/mol. The topological polar surface area (TPSA) is 102 Å². The van der Waals surface area contributed by atoms with Crippen LogP contribution in [-0.4, -0.2) is 19.3 Å². The van der Waals surface area contributed by atoms with Crippen LogP contribution in [0, 0.1) is 0 Å². The monoisotopic (exact) mass is 355 g/mol. The molecule has 1 amide bonds. The summed E-state index contributed by atoms with van der Waals surface area (Å²) in [7, 11) is -3.74. The third kappa shape index (κ3) is 3.41. The van der Waals surface area contributed by atoms with Gasteiger partial charge < -0.3 is 5.32 Å². The van der Waals surface area contributed by atoms with Crippen molar-refractivity contribution in [2.75, 3.05) is 5.32 Å². The number of nitrogens with one attached hydrogen (secondary N) is 1. The summed E-state index contributed by atoms with van der Waals surface area (Å²) < 4.78 is 22.8. The van der Waals surface area contributed by atoms with Gasteiger partial charge >= 0.3 is 0 Å². The molecule has 20 heavy (non-hydrogen) atoms. The molecule has 0 aliphatic rings. The van der Waals surface area contributed by atoms with Gasteiger partial charge in [0.1, 0.15) is 5.69 Å². The normalized spacial score (nSPS) is 11.1. The third-order valence-corrected chi connectivity index (χ3v) is 3.98. The third-order valence-electron chi connectivity index (χ3n) is 2.41. The lowest BCUT2D eigenvalue weighted by atomic mass is 10.3. The Morgan fingerprint density at radius 2 is 1.85 bits per heavy atom. The second kappa shape index (κ2) is 5.70. The van der Waals surface area contributed by atoms with Crippen LogP contribution >= 0.6 is 15.9 Å². The van der Waals surface area contributed by atoms with Gasteiger partial charge in [0.2, 0.25) is 10.0 Å². The molecular formula is C12H10BrN3O3S. The van der Waals surface area contributed by atoms with E-state index in [0.29, 0.717) is 10.2 Å². The number of rotatable bonds is 3. The Labute approximate surface area is 124 Å². The van der Waals surface area contributed by atoms with Gasteiger partial charge in [0.25, 0.3) is 5.91 Å². The Morgan fingerprint density at radius 3 is 2.40 bits per heavy atom. The zero-order chi connectivity index (χ0) is 14.8. The molecule has 0 aliphatic carbocycles. The number of aromatic nitrogens is 1. The van der Waals surface area contributed by atoms with E-state index in [9.17, 15) is 13.2 Å². The molecule has 1 aromatic carbocycles. The van der Waals surface area contributed by atoms with Crippen LogP contribution in [0.3, 0.4) is 0 Å². The van der Waals surface area contributed by atoms with Crippen LogP contribution < -0.4 is 10.5 Å². The van der Waals surface area contributed by atoms with Gasteiger partial charge in [-0.2, -0.15) is 0 Å². The first-order valence-corrected chi connectivity index (χ1v) is 7.76. The molecule has 0 aliphatic heterocycles. The number of primary sulfonamides is 1. The number of hydrogen-bond acceptors (Lipinski definition) is 4. The van der Waals surface area contributed by atoms with Crippen LogP contribution in [0.2, 0.25) is 0 Å². The van der Waals surface area contributed by atoms with Crippen molar-refractivity contribution < 1.29 is 13.2 Å². The van der Waals surface area contributed by atoms with Crippen molar-refractivity contribution in [2.45, 2.75) is 4.90 Å². The first-order valence-electron chi connectivity index (χ1n) is 5.42. The fraction of sp³-hybridized carbons (Fsp3) is 0. The standard InChI is InChI=1S/C12H10BrN3O3S/c13-10-2-1-7-15-11(10)12(17)16-8-3-5-9(6-4-8)20(14,18)19/h1-7H,(H,16,17)(H2,14,18,19). The molecule has 0 atom stereocenters. The molecule has 0 bridgehead atoms. The number of carbonyl (C=O) groups excluding carboxylic acids is 1. The Morgan fingerprint density at radius 1 is 1.20 bits per heavy atom. The predicted octanol–water partition coefficient (Wildman–Crippen LogP) is 1.74. The number of hydrogen-bond donors (Lipinski definition) is 2. The molecule has 0 unspecified atom stereocenters. The van der Waals surface area contributed by atoms with Crippen LogP contribution in [0.4, 0.5) is 5.69 Å². The number of pyridine rings is 1. The number of sulfonamides is 1. The number of carbonyl (C=O) groups is 1. The van der Waals surface area contributed by atoms with E-state index in [4.69, 9.17) is 5.14 Å². The van der Waals surface area contributed by atoms with E-state index in [2.05, 4.69) is 26.2 Å². The number of anilines is 1. The molecule has 6 nitrogen and oxygen atoms in total. The highest BCUT2D eigenvalue weighted by Crippen LogP contribution is 2.17. The molecule has 0 saturated heterocycles. The van der Waals surface area contributed by atoms with E-state index >= 15 is 0 Å². The van der Waals surface area contributed by atoms with Crippen LogP contribution in [-0.2, 0) is 10.0 Å². The molecule has 2 aromatic rings. The molecule has 8 heteroatoms. The molecule has 0 spiro atoms. The summed E-state index contributed by atoms with van der Waals surface area (Å²) >= 11 is 3.23. The number of nitrogens with two attached hydrogens (primary N) is 1. The maximum Gasteiger partial charge on any atom is 0.275 e. The average molecular weight is 356 g/mol. The van der Waals surface area contributed by atoms with Crippen molar-refractivity contribution in [2.24, 2.45) is 5.14 Å².